The van der Waals surface area contributed by atoms with E-state index in [9.17, 15) is 0 Å². The van der Waals surface area contributed by atoms with Crippen LogP contribution in [0.5, 0.6) is 11.5 Å². The van der Waals surface area contributed by atoms with Crippen LogP contribution in [0, 0.1) is 6.92 Å². The highest BCUT2D eigenvalue weighted by atomic mass is 16.5. The molecule has 7 heteroatoms. The number of nitrogens with zero attached hydrogens (tertiary/aromatic N) is 2. The molecular formula is C21H24N4O3. The van der Waals surface area contributed by atoms with E-state index in [2.05, 4.69) is 39.7 Å². The highest BCUT2D eigenvalue weighted by Crippen LogP contribution is 2.35. The standard InChI is InChI=1S/C21H24N4O3/c1-14-4-3-5-15(8-14)25-21-17-9-19(26-2)20(10-18(17)23-13-24-21)28-12-16-11-22-6-7-27-16/h3-5,8-10,13,16,22H,6-7,11-12H2,1-2H3,(H,23,24,25). The molecule has 146 valence electrons. The quantitative estimate of drug-likeness (QED) is 0.680. The molecule has 2 N–H and O–H groups in total. The molecule has 1 unspecified atom stereocenters. The Hall–Kier alpha value is -2.90. The summed E-state index contributed by atoms with van der Waals surface area (Å²) in [7, 11) is 1.63. The number of morpholine rings is 1. The molecular weight excluding hydrogens is 356 g/mol. The van der Waals surface area contributed by atoms with Gasteiger partial charge in [-0.25, -0.2) is 9.97 Å². The fourth-order valence-electron chi connectivity index (χ4n) is 3.21. The first-order chi connectivity index (χ1) is 13.7. The predicted octanol–water partition coefficient (Wildman–Crippen LogP) is 3.06. The van der Waals surface area contributed by atoms with Gasteiger partial charge in [-0.15, -0.1) is 0 Å². The van der Waals surface area contributed by atoms with Gasteiger partial charge >= 0.3 is 0 Å². The molecule has 1 fully saturated rings. The van der Waals surface area contributed by atoms with Gasteiger partial charge in [0.25, 0.3) is 0 Å². The van der Waals surface area contributed by atoms with Crippen molar-refractivity contribution >= 4 is 22.4 Å². The Balaban J connectivity index is 1.61. The topological polar surface area (TPSA) is 77.5 Å². The number of anilines is 2. The zero-order valence-corrected chi connectivity index (χ0v) is 16.1. The number of rotatable bonds is 6. The first-order valence-electron chi connectivity index (χ1n) is 9.34. The van der Waals surface area contributed by atoms with Crippen LogP contribution in [0.15, 0.2) is 42.7 Å². The maximum atomic E-state index is 5.98. The number of nitrogens with one attached hydrogen (secondary N) is 2. The van der Waals surface area contributed by atoms with E-state index in [1.54, 1.807) is 13.4 Å². The number of ether oxygens (including phenoxy) is 3. The lowest BCUT2D eigenvalue weighted by atomic mass is 10.2. The summed E-state index contributed by atoms with van der Waals surface area (Å²) in [4.78, 5) is 8.81. The van der Waals surface area contributed by atoms with E-state index in [1.165, 1.54) is 5.56 Å². The van der Waals surface area contributed by atoms with Gasteiger partial charge in [0.1, 0.15) is 24.9 Å². The molecule has 0 bridgehead atoms. The van der Waals surface area contributed by atoms with Crippen molar-refractivity contribution in [3.63, 3.8) is 0 Å². The van der Waals surface area contributed by atoms with Crippen LogP contribution < -0.4 is 20.1 Å². The average Bonchev–Trinajstić information content (AvgIpc) is 2.72. The van der Waals surface area contributed by atoms with Crippen molar-refractivity contribution < 1.29 is 14.2 Å². The van der Waals surface area contributed by atoms with E-state index in [0.29, 0.717) is 24.7 Å². The monoisotopic (exact) mass is 380 g/mol. The second kappa shape index (κ2) is 8.41. The summed E-state index contributed by atoms with van der Waals surface area (Å²) < 4.78 is 17.2. The molecule has 2 aromatic carbocycles. The van der Waals surface area contributed by atoms with Gasteiger partial charge in [0.05, 0.1) is 19.2 Å². The number of hydrogen-bond donors (Lipinski definition) is 2. The number of methoxy groups -OCH3 is 1. The van der Waals surface area contributed by atoms with E-state index >= 15 is 0 Å². The summed E-state index contributed by atoms with van der Waals surface area (Å²) in [5, 5.41) is 7.53. The third-order valence-electron chi connectivity index (χ3n) is 4.63. The minimum atomic E-state index is 0.0260. The molecule has 0 radical (unpaired) electrons. The van der Waals surface area contributed by atoms with Gasteiger partial charge in [0.2, 0.25) is 0 Å². The van der Waals surface area contributed by atoms with Gasteiger partial charge in [0, 0.05) is 30.2 Å². The predicted molar refractivity (Wildman–Crippen MR) is 109 cm³/mol. The normalized spacial score (nSPS) is 16.7. The van der Waals surface area contributed by atoms with E-state index in [-0.39, 0.29) is 6.10 Å². The number of hydrogen-bond acceptors (Lipinski definition) is 7. The Morgan fingerprint density at radius 2 is 2.14 bits per heavy atom. The molecule has 1 aliphatic rings. The highest BCUT2D eigenvalue weighted by molar-refractivity contribution is 5.93. The molecule has 0 amide bonds. The minimum Gasteiger partial charge on any atom is -0.493 e. The summed E-state index contributed by atoms with van der Waals surface area (Å²) >= 11 is 0. The van der Waals surface area contributed by atoms with Crippen molar-refractivity contribution in [2.45, 2.75) is 13.0 Å². The van der Waals surface area contributed by atoms with E-state index in [0.717, 1.165) is 35.5 Å². The van der Waals surface area contributed by atoms with Gasteiger partial charge in [-0.1, -0.05) is 12.1 Å². The number of fused-ring (bicyclic) bond motifs is 1. The molecule has 7 nitrogen and oxygen atoms in total. The van der Waals surface area contributed by atoms with Crippen LogP contribution in [0.25, 0.3) is 10.9 Å². The second-order valence-electron chi connectivity index (χ2n) is 6.74. The van der Waals surface area contributed by atoms with E-state index in [1.807, 2.05) is 24.3 Å². The molecule has 0 saturated carbocycles. The summed E-state index contributed by atoms with van der Waals surface area (Å²) in [6.07, 6.45) is 1.57. The highest BCUT2D eigenvalue weighted by Gasteiger charge is 2.17. The molecule has 1 aromatic heterocycles. The Bertz CT molecular complexity index is 958. The second-order valence-corrected chi connectivity index (χ2v) is 6.74. The van der Waals surface area contributed by atoms with Crippen molar-refractivity contribution in [1.29, 1.82) is 0 Å². The van der Waals surface area contributed by atoms with Gasteiger partial charge in [-0.2, -0.15) is 0 Å². The lowest BCUT2D eigenvalue weighted by Gasteiger charge is -2.24. The molecule has 0 aliphatic carbocycles. The van der Waals surface area contributed by atoms with Crippen molar-refractivity contribution in [2.24, 2.45) is 0 Å². The SMILES string of the molecule is COc1cc2c(Nc3cccc(C)c3)ncnc2cc1OCC1CNCCO1. The van der Waals surface area contributed by atoms with Crippen LogP contribution in [0.2, 0.25) is 0 Å². The Labute approximate surface area is 164 Å². The first kappa shape index (κ1) is 18.5. The van der Waals surface area contributed by atoms with Crippen LogP contribution in [0.1, 0.15) is 5.56 Å². The zero-order valence-electron chi connectivity index (χ0n) is 16.1. The zero-order chi connectivity index (χ0) is 19.3. The van der Waals surface area contributed by atoms with E-state index in [4.69, 9.17) is 14.2 Å². The molecule has 1 saturated heterocycles. The van der Waals surface area contributed by atoms with Crippen LogP contribution in [-0.4, -0.2) is 49.5 Å². The summed E-state index contributed by atoms with van der Waals surface area (Å²) in [6, 6.07) is 11.9. The minimum absolute atomic E-state index is 0.0260. The summed E-state index contributed by atoms with van der Waals surface area (Å²) in [5.74, 6) is 2.00. The fourth-order valence-corrected chi connectivity index (χ4v) is 3.21. The van der Waals surface area contributed by atoms with Crippen LogP contribution in [0.4, 0.5) is 11.5 Å². The molecule has 4 rings (SSSR count). The number of benzene rings is 2. The van der Waals surface area contributed by atoms with Gasteiger partial charge in [-0.05, 0) is 30.7 Å². The average molecular weight is 380 g/mol. The Morgan fingerprint density at radius 3 is 2.93 bits per heavy atom. The smallest absolute Gasteiger partial charge is 0.163 e. The van der Waals surface area contributed by atoms with Crippen molar-refractivity contribution in [3.8, 4) is 11.5 Å². The largest absolute Gasteiger partial charge is 0.493 e. The van der Waals surface area contributed by atoms with E-state index < -0.39 is 0 Å². The van der Waals surface area contributed by atoms with Gasteiger partial charge in [0.15, 0.2) is 11.5 Å². The lowest BCUT2D eigenvalue weighted by molar-refractivity contribution is -0.000235. The number of aromatic nitrogens is 2. The lowest BCUT2D eigenvalue weighted by Crippen LogP contribution is -2.41. The molecule has 3 aromatic rings. The molecule has 1 aliphatic heterocycles. The van der Waals surface area contributed by atoms with Crippen LogP contribution in [-0.2, 0) is 4.74 Å². The van der Waals surface area contributed by atoms with Crippen molar-refractivity contribution in [2.75, 3.05) is 38.7 Å². The van der Waals surface area contributed by atoms with Gasteiger partial charge < -0.3 is 24.8 Å². The molecule has 2 heterocycles. The molecule has 0 spiro atoms. The Kier molecular flexibility index (Phi) is 5.55. The first-order valence-corrected chi connectivity index (χ1v) is 9.34. The van der Waals surface area contributed by atoms with Gasteiger partial charge in [-0.3, -0.25) is 0 Å². The maximum absolute atomic E-state index is 5.98. The van der Waals surface area contributed by atoms with Crippen LogP contribution >= 0.6 is 0 Å². The summed E-state index contributed by atoms with van der Waals surface area (Å²) in [5.41, 5.74) is 2.93. The molecule has 1 atom stereocenters. The van der Waals surface area contributed by atoms with Crippen LogP contribution in [0.3, 0.4) is 0 Å². The fraction of sp³-hybridized carbons (Fsp3) is 0.333. The summed E-state index contributed by atoms with van der Waals surface area (Å²) in [6.45, 7) is 4.87. The van der Waals surface area contributed by atoms with Crippen molar-refractivity contribution in [1.82, 2.24) is 15.3 Å². The van der Waals surface area contributed by atoms with Crippen molar-refractivity contribution in [3.05, 3.63) is 48.3 Å². The molecule has 28 heavy (non-hydrogen) atoms. The third kappa shape index (κ3) is 4.16. The number of aryl methyl sites for hydroxylation is 1. The Morgan fingerprint density at radius 1 is 1.21 bits per heavy atom. The third-order valence-corrected chi connectivity index (χ3v) is 4.63. The maximum Gasteiger partial charge on any atom is 0.163 e.